The number of anilines is 1. The first-order valence-electron chi connectivity index (χ1n) is 12.9. The highest BCUT2D eigenvalue weighted by Gasteiger charge is 2.27. The van der Waals surface area contributed by atoms with Crippen molar-refractivity contribution in [1.29, 1.82) is 0 Å². The van der Waals surface area contributed by atoms with E-state index in [1.807, 2.05) is 63.2 Å². The molecule has 0 aliphatic heterocycles. The van der Waals surface area contributed by atoms with E-state index in [0.717, 1.165) is 42.5 Å². The maximum atomic E-state index is 13.6. The summed E-state index contributed by atoms with van der Waals surface area (Å²) in [5.41, 5.74) is 8.75. The van der Waals surface area contributed by atoms with Crippen LogP contribution in [-0.2, 0) is 14.8 Å². The summed E-state index contributed by atoms with van der Waals surface area (Å²) in [4.78, 5) is 13.1. The van der Waals surface area contributed by atoms with E-state index in [9.17, 15) is 13.2 Å². The Morgan fingerprint density at radius 1 is 1.00 bits per heavy atom. The molecule has 4 aromatic rings. The molecule has 1 aromatic heterocycles. The molecule has 7 nitrogen and oxygen atoms in total. The predicted molar refractivity (Wildman–Crippen MR) is 165 cm³/mol. The molecule has 208 valence electrons. The number of carbonyl (C=O) groups excluding carboxylic acids is 1. The number of benzene rings is 3. The second-order valence-corrected chi connectivity index (χ2v) is 12.8. The molecule has 0 unspecified atom stereocenters. The smallest absolute Gasteiger partial charge is 0.264 e. The Labute approximate surface area is 244 Å². The fraction of sp³-hybridized carbons (Fsp3) is 0.226. The van der Waals surface area contributed by atoms with Gasteiger partial charge in [0.25, 0.3) is 15.9 Å². The van der Waals surface area contributed by atoms with Gasteiger partial charge in [-0.25, -0.2) is 13.8 Å². The summed E-state index contributed by atoms with van der Waals surface area (Å²) in [5.74, 6) is -0.264. The van der Waals surface area contributed by atoms with Crippen LogP contribution in [0.15, 0.2) is 93.3 Å². The minimum Gasteiger partial charge on any atom is -0.318 e. The van der Waals surface area contributed by atoms with Gasteiger partial charge in [-0.15, -0.1) is 0 Å². The molecule has 0 radical (unpaired) electrons. The molecule has 0 spiro atoms. The number of aryl methyl sites for hydroxylation is 2. The molecule has 0 aliphatic rings. The summed E-state index contributed by atoms with van der Waals surface area (Å²) in [7, 11) is -4.01. The maximum Gasteiger partial charge on any atom is 0.264 e. The van der Waals surface area contributed by atoms with Crippen LogP contribution in [0, 0.1) is 20.8 Å². The van der Waals surface area contributed by atoms with E-state index >= 15 is 0 Å². The van der Waals surface area contributed by atoms with Crippen molar-refractivity contribution in [3.63, 3.8) is 0 Å². The SMILES string of the molecule is Cc1ccc(S(=O)(=O)N(CC(=O)N/N=C\c2cc(C)n(-c3cccc(Br)c3)c2C)c2ccc(C(C)C)cc2)cc1. The third-order valence-corrected chi connectivity index (χ3v) is 8.95. The lowest BCUT2D eigenvalue weighted by molar-refractivity contribution is -0.119. The lowest BCUT2D eigenvalue weighted by atomic mass is 10.0. The minimum atomic E-state index is -4.01. The monoisotopic (exact) mass is 620 g/mol. The van der Waals surface area contributed by atoms with Crippen LogP contribution < -0.4 is 9.73 Å². The molecule has 0 saturated heterocycles. The fourth-order valence-corrected chi connectivity index (χ4v) is 6.26. The highest BCUT2D eigenvalue weighted by Crippen LogP contribution is 2.26. The number of nitrogens with one attached hydrogen (secondary N) is 1. The van der Waals surface area contributed by atoms with Crippen LogP contribution >= 0.6 is 15.9 Å². The highest BCUT2D eigenvalue weighted by atomic mass is 79.9. The number of hydrazone groups is 1. The summed E-state index contributed by atoms with van der Waals surface area (Å²) < 4.78 is 31.5. The third kappa shape index (κ3) is 6.54. The number of halogens is 1. The first-order chi connectivity index (χ1) is 19.0. The lowest BCUT2D eigenvalue weighted by Crippen LogP contribution is -2.39. The van der Waals surface area contributed by atoms with E-state index in [1.165, 1.54) is 0 Å². The van der Waals surface area contributed by atoms with Gasteiger partial charge in [-0.05, 0) is 80.8 Å². The molecule has 1 heterocycles. The van der Waals surface area contributed by atoms with Crippen molar-refractivity contribution in [1.82, 2.24) is 9.99 Å². The van der Waals surface area contributed by atoms with Crippen LogP contribution in [0.4, 0.5) is 5.69 Å². The minimum absolute atomic E-state index is 0.113. The molecule has 0 bridgehead atoms. The standard InChI is InChI=1S/C31H33BrN4O3S/c1-21(2)25-11-13-28(14-12-25)35(40(38,39)30-15-9-22(3)10-16-30)20-31(37)34-33-19-26-17-23(4)36(24(26)5)29-8-6-7-27(32)18-29/h6-19,21H,20H2,1-5H3,(H,34,37)/b33-19-. The number of nitrogens with zero attached hydrogens (tertiary/aromatic N) is 3. The second kappa shape index (κ2) is 12.2. The maximum absolute atomic E-state index is 13.6. The lowest BCUT2D eigenvalue weighted by Gasteiger charge is -2.24. The number of aromatic nitrogens is 1. The van der Waals surface area contributed by atoms with Crippen LogP contribution in [-0.4, -0.2) is 31.7 Å². The molecule has 0 atom stereocenters. The molecule has 1 N–H and O–H groups in total. The zero-order valence-electron chi connectivity index (χ0n) is 23.2. The average molecular weight is 622 g/mol. The van der Waals surface area contributed by atoms with Crippen LogP contribution in [0.2, 0.25) is 0 Å². The van der Waals surface area contributed by atoms with Gasteiger partial charge in [-0.1, -0.05) is 65.7 Å². The van der Waals surface area contributed by atoms with E-state index in [2.05, 4.69) is 44.9 Å². The number of hydrogen-bond donors (Lipinski definition) is 1. The summed E-state index contributed by atoms with van der Waals surface area (Å²) in [6.45, 7) is 9.58. The van der Waals surface area contributed by atoms with Crippen molar-refractivity contribution < 1.29 is 13.2 Å². The van der Waals surface area contributed by atoms with Crippen LogP contribution in [0.1, 0.15) is 47.8 Å². The molecule has 4 rings (SSSR count). The highest BCUT2D eigenvalue weighted by molar-refractivity contribution is 9.10. The van der Waals surface area contributed by atoms with Gasteiger partial charge < -0.3 is 4.57 Å². The first-order valence-corrected chi connectivity index (χ1v) is 15.2. The molecule has 0 aliphatic carbocycles. The Morgan fingerprint density at radius 3 is 2.30 bits per heavy atom. The zero-order chi connectivity index (χ0) is 29.0. The molecular weight excluding hydrogens is 588 g/mol. The van der Waals surface area contributed by atoms with Crippen LogP contribution in [0.5, 0.6) is 0 Å². The average Bonchev–Trinajstić information content (AvgIpc) is 3.20. The second-order valence-electron chi connectivity index (χ2n) is 10.0. The van der Waals surface area contributed by atoms with Crippen molar-refractivity contribution in [2.75, 3.05) is 10.8 Å². The third-order valence-electron chi connectivity index (χ3n) is 6.67. The Hall–Kier alpha value is -3.69. The van der Waals surface area contributed by atoms with Crippen LogP contribution in [0.25, 0.3) is 5.69 Å². The van der Waals surface area contributed by atoms with Crippen LogP contribution in [0.3, 0.4) is 0 Å². The van der Waals surface area contributed by atoms with Crippen molar-refractivity contribution in [3.8, 4) is 5.69 Å². The van der Waals surface area contributed by atoms with Gasteiger partial charge in [0, 0.05) is 27.1 Å². The number of carbonyl (C=O) groups is 1. The van der Waals surface area contributed by atoms with E-state index in [0.29, 0.717) is 11.6 Å². The molecular formula is C31H33BrN4O3S. The molecule has 9 heteroatoms. The fourth-order valence-electron chi connectivity index (χ4n) is 4.45. The predicted octanol–water partition coefficient (Wildman–Crippen LogP) is 6.63. The summed E-state index contributed by atoms with van der Waals surface area (Å²) in [5, 5.41) is 4.15. The zero-order valence-corrected chi connectivity index (χ0v) is 25.6. The Bertz CT molecular complexity index is 1640. The number of rotatable bonds is 9. The van der Waals surface area contributed by atoms with E-state index in [-0.39, 0.29) is 4.90 Å². The number of sulfonamides is 1. The van der Waals surface area contributed by atoms with Crippen molar-refractivity contribution in [3.05, 3.63) is 111 Å². The van der Waals surface area contributed by atoms with Gasteiger partial charge in [-0.2, -0.15) is 5.10 Å². The van der Waals surface area contributed by atoms with E-state index < -0.39 is 22.5 Å². The molecule has 40 heavy (non-hydrogen) atoms. The van der Waals surface area contributed by atoms with Gasteiger partial charge in [0.1, 0.15) is 6.54 Å². The summed E-state index contributed by atoms with van der Waals surface area (Å²) >= 11 is 3.52. The van der Waals surface area contributed by atoms with Gasteiger partial charge >= 0.3 is 0 Å². The molecule has 0 fully saturated rings. The van der Waals surface area contributed by atoms with E-state index in [1.54, 1.807) is 42.6 Å². The quantitative estimate of drug-likeness (QED) is 0.168. The molecule has 3 aromatic carbocycles. The Balaban J connectivity index is 1.56. The van der Waals surface area contributed by atoms with Crippen molar-refractivity contribution in [2.45, 2.75) is 45.4 Å². The number of amides is 1. The topological polar surface area (TPSA) is 83.8 Å². The number of hydrogen-bond acceptors (Lipinski definition) is 4. The van der Waals surface area contributed by atoms with Gasteiger partial charge in [0.15, 0.2) is 0 Å². The van der Waals surface area contributed by atoms with Gasteiger partial charge in [0.2, 0.25) is 0 Å². The van der Waals surface area contributed by atoms with Gasteiger partial charge in [0.05, 0.1) is 16.8 Å². The largest absolute Gasteiger partial charge is 0.318 e. The molecule has 0 saturated carbocycles. The normalized spacial score (nSPS) is 11.8. The Morgan fingerprint density at radius 2 is 1.68 bits per heavy atom. The van der Waals surface area contributed by atoms with Gasteiger partial charge in [-0.3, -0.25) is 9.10 Å². The van der Waals surface area contributed by atoms with Crippen molar-refractivity contribution in [2.24, 2.45) is 5.10 Å². The van der Waals surface area contributed by atoms with Crippen molar-refractivity contribution >= 4 is 43.8 Å². The Kier molecular flexibility index (Phi) is 8.95. The summed E-state index contributed by atoms with van der Waals surface area (Å²) in [6.07, 6.45) is 1.57. The first kappa shape index (κ1) is 29.3. The summed E-state index contributed by atoms with van der Waals surface area (Å²) in [6, 6.07) is 23.8. The van der Waals surface area contributed by atoms with E-state index in [4.69, 9.17) is 0 Å². The molecule has 1 amide bonds.